The predicted molar refractivity (Wildman–Crippen MR) is 125 cm³/mol. The van der Waals surface area contributed by atoms with Crippen LogP contribution in [0.15, 0.2) is 72.8 Å². The topological polar surface area (TPSA) is 114 Å². The molecule has 8 nitrogen and oxygen atoms in total. The van der Waals surface area contributed by atoms with Crippen molar-refractivity contribution in [2.45, 2.75) is 6.61 Å². The quantitative estimate of drug-likeness (QED) is 0.271. The van der Waals surface area contributed by atoms with Crippen LogP contribution in [0.4, 0.5) is 0 Å². The first-order valence-corrected chi connectivity index (χ1v) is 10.8. The first-order chi connectivity index (χ1) is 16.2. The zero-order valence-corrected chi connectivity index (χ0v) is 18.0. The van der Waals surface area contributed by atoms with E-state index in [0.29, 0.717) is 23.7 Å². The molecule has 0 spiro atoms. The van der Waals surface area contributed by atoms with E-state index in [1.54, 1.807) is 29.5 Å². The fourth-order valence-corrected chi connectivity index (χ4v) is 4.11. The van der Waals surface area contributed by atoms with Crippen molar-refractivity contribution in [2.24, 2.45) is 0 Å². The molecule has 0 saturated carbocycles. The number of hydrogen-bond donors (Lipinski definition) is 2. The fourth-order valence-electron chi connectivity index (χ4n) is 3.23. The highest BCUT2D eigenvalue weighted by Gasteiger charge is 2.12. The number of H-pyrrole nitrogens is 1. The molecule has 0 saturated heterocycles. The maximum atomic E-state index is 12.6. The van der Waals surface area contributed by atoms with Gasteiger partial charge in [0.2, 0.25) is 0 Å². The number of benzene rings is 3. The van der Waals surface area contributed by atoms with Crippen LogP contribution in [0.3, 0.4) is 0 Å². The minimum atomic E-state index is -0.335. The number of hydrogen-bond acceptors (Lipinski definition) is 8. The normalized spacial score (nSPS) is 11.3. The Bertz CT molecular complexity index is 1410. The van der Waals surface area contributed by atoms with E-state index in [1.165, 1.54) is 12.1 Å². The molecule has 0 aliphatic carbocycles. The zero-order chi connectivity index (χ0) is 22.6. The summed E-state index contributed by atoms with van der Waals surface area (Å²) in [5, 5.41) is 24.5. The summed E-state index contributed by atoms with van der Waals surface area (Å²) in [4.78, 5) is 17.2. The number of tetrazole rings is 1. The molecule has 0 atom stereocenters. The number of aromatic hydroxyl groups is 1. The van der Waals surface area contributed by atoms with Crippen molar-refractivity contribution < 1.29 is 14.6 Å². The summed E-state index contributed by atoms with van der Waals surface area (Å²) in [7, 11) is 0. The molecule has 5 rings (SSSR count). The Kier molecular flexibility index (Phi) is 5.61. The molecule has 0 fully saturated rings. The molecule has 3 aromatic carbocycles. The van der Waals surface area contributed by atoms with E-state index in [9.17, 15) is 9.90 Å². The minimum Gasteiger partial charge on any atom is -0.507 e. The van der Waals surface area contributed by atoms with Crippen LogP contribution >= 0.6 is 11.3 Å². The number of phenolic OH excluding ortho intramolecular Hbond substituents is 1. The molecule has 2 N–H and O–H groups in total. The number of aromatic nitrogens is 5. The van der Waals surface area contributed by atoms with Gasteiger partial charge in [-0.05, 0) is 64.5 Å². The molecule has 0 bridgehead atoms. The minimum absolute atomic E-state index is 0.112. The number of aromatic amines is 1. The van der Waals surface area contributed by atoms with E-state index >= 15 is 0 Å². The van der Waals surface area contributed by atoms with Gasteiger partial charge in [0, 0.05) is 5.56 Å². The maximum Gasteiger partial charge on any atom is 0.189 e. The van der Waals surface area contributed by atoms with Gasteiger partial charge in [-0.1, -0.05) is 30.3 Å². The van der Waals surface area contributed by atoms with Gasteiger partial charge in [0.25, 0.3) is 0 Å². The first kappa shape index (κ1) is 20.5. The number of ketones is 1. The number of ether oxygens (including phenoxy) is 1. The van der Waals surface area contributed by atoms with Crippen molar-refractivity contribution in [3.05, 3.63) is 88.9 Å². The molecule has 0 aliphatic rings. The van der Waals surface area contributed by atoms with Gasteiger partial charge in [-0.3, -0.25) is 4.79 Å². The van der Waals surface area contributed by atoms with E-state index in [-0.39, 0.29) is 17.1 Å². The zero-order valence-electron chi connectivity index (χ0n) is 17.2. The Balaban J connectivity index is 1.24. The number of para-hydroxylation sites is 1. The largest absolute Gasteiger partial charge is 0.507 e. The summed E-state index contributed by atoms with van der Waals surface area (Å²) in [5.41, 5.74) is 2.56. The van der Waals surface area contributed by atoms with Gasteiger partial charge in [-0.25, -0.2) is 10.1 Å². The number of thiazole rings is 1. The number of phenols is 1. The van der Waals surface area contributed by atoms with E-state index in [1.807, 2.05) is 48.5 Å². The van der Waals surface area contributed by atoms with Crippen LogP contribution in [-0.2, 0) is 6.61 Å². The van der Waals surface area contributed by atoms with E-state index < -0.39 is 0 Å². The van der Waals surface area contributed by atoms with Gasteiger partial charge >= 0.3 is 0 Å². The molecule has 5 aromatic rings. The number of carbonyl (C=O) groups excluding carboxylic acids is 1. The van der Waals surface area contributed by atoms with E-state index in [0.717, 1.165) is 20.8 Å². The third-order valence-corrected chi connectivity index (χ3v) is 5.90. The number of fused-ring (bicyclic) bond motifs is 1. The lowest BCUT2D eigenvalue weighted by Gasteiger charge is -2.04. The van der Waals surface area contributed by atoms with Crippen molar-refractivity contribution in [3.63, 3.8) is 0 Å². The Morgan fingerprint density at radius 3 is 2.73 bits per heavy atom. The predicted octanol–water partition coefficient (Wildman–Crippen LogP) is 4.66. The van der Waals surface area contributed by atoms with Gasteiger partial charge < -0.3 is 9.84 Å². The second kappa shape index (κ2) is 9.01. The van der Waals surface area contributed by atoms with Crippen molar-refractivity contribution in [3.8, 4) is 22.9 Å². The highest BCUT2D eigenvalue weighted by Crippen LogP contribution is 2.25. The molecule has 0 radical (unpaired) electrons. The van der Waals surface area contributed by atoms with Crippen molar-refractivity contribution >= 4 is 33.4 Å². The summed E-state index contributed by atoms with van der Waals surface area (Å²) < 4.78 is 6.98. The molecule has 9 heteroatoms. The van der Waals surface area contributed by atoms with Crippen LogP contribution in [0.25, 0.3) is 27.7 Å². The molecule has 2 aromatic heterocycles. The highest BCUT2D eigenvalue weighted by atomic mass is 32.1. The Hall–Kier alpha value is -4.37. The lowest BCUT2D eigenvalue weighted by molar-refractivity contribution is 0.104. The average Bonchev–Trinajstić information content (AvgIpc) is 3.52. The Labute approximate surface area is 192 Å². The summed E-state index contributed by atoms with van der Waals surface area (Å²) in [6, 6.07) is 20.0. The summed E-state index contributed by atoms with van der Waals surface area (Å²) in [6.07, 6.45) is 3.09. The van der Waals surface area contributed by atoms with Gasteiger partial charge in [0.15, 0.2) is 11.6 Å². The summed E-state index contributed by atoms with van der Waals surface area (Å²) >= 11 is 1.61. The standard InChI is InChI=1S/C24H17N5O3S/c30-20(18-13-16(8-12-21(18)31)24-26-28-29-27-24)11-7-15-5-9-17(10-6-15)32-14-23-25-19-3-1-2-4-22(19)33-23/h1-13,31H,14H2,(H,26,27,28,29)/b11-7+. The van der Waals surface area contributed by atoms with Crippen LogP contribution < -0.4 is 4.74 Å². The molecule has 0 unspecified atom stereocenters. The molecular weight excluding hydrogens is 438 g/mol. The molecule has 162 valence electrons. The van der Waals surface area contributed by atoms with E-state index in [4.69, 9.17) is 4.74 Å². The smallest absolute Gasteiger partial charge is 0.189 e. The number of nitrogens with zero attached hydrogens (tertiary/aromatic N) is 4. The number of allylic oxidation sites excluding steroid dienone is 1. The van der Waals surface area contributed by atoms with Crippen LogP contribution in [0.1, 0.15) is 20.9 Å². The highest BCUT2D eigenvalue weighted by molar-refractivity contribution is 7.18. The Morgan fingerprint density at radius 2 is 1.94 bits per heavy atom. The van der Waals surface area contributed by atoms with Gasteiger partial charge in [0.05, 0.1) is 15.8 Å². The third kappa shape index (κ3) is 4.63. The fraction of sp³-hybridized carbons (Fsp3) is 0.0417. The van der Waals surface area contributed by atoms with Crippen LogP contribution in [0.2, 0.25) is 0 Å². The molecule has 0 aliphatic heterocycles. The molecule has 33 heavy (non-hydrogen) atoms. The van der Waals surface area contributed by atoms with Crippen LogP contribution in [0, 0.1) is 0 Å². The number of nitrogens with one attached hydrogen (secondary N) is 1. The lowest BCUT2D eigenvalue weighted by Crippen LogP contribution is -1.96. The van der Waals surface area contributed by atoms with Crippen molar-refractivity contribution in [1.82, 2.24) is 25.6 Å². The average molecular weight is 455 g/mol. The first-order valence-electron chi connectivity index (χ1n) is 10.0. The Morgan fingerprint density at radius 1 is 1.09 bits per heavy atom. The lowest BCUT2D eigenvalue weighted by atomic mass is 10.0. The van der Waals surface area contributed by atoms with Crippen molar-refractivity contribution in [2.75, 3.05) is 0 Å². The molecule has 0 amide bonds. The summed E-state index contributed by atoms with van der Waals surface area (Å²) in [5.74, 6) is 0.677. The summed E-state index contributed by atoms with van der Waals surface area (Å²) in [6.45, 7) is 0.392. The number of carbonyl (C=O) groups is 1. The van der Waals surface area contributed by atoms with Gasteiger partial charge in [0.1, 0.15) is 23.1 Å². The van der Waals surface area contributed by atoms with Gasteiger partial charge in [-0.15, -0.1) is 16.4 Å². The van der Waals surface area contributed by atoms with E-state index in [2.05, 4.69) is 25.6 Å². The second-order valence-corrected chi connectivity index (χ2v) is 8.23. The second-order valence-electron chi connectivity index (χ2n) is 7.11. The number of rotatable bonds is 7. The van der Waals surface area contributed by atoms with Gasteiger partial charge in [-0.2, -0.15) is 0 Å². The van der Waals surface area contributed by atoms with Crippen LogP contribution in [0.5, 0.6) is 11.5 Å². The molecular formula is C24H17N5O3S. The molecule has 2 heterocycles. The third-order valence-electron chi connectivity index (χ3n) is 4.89. The monoisotopic (exact) mass is 455 g/mol. The van der Waals surface area contributed by atoms with Crippen molar-refractivity contribution in [1.29, 1.82) is 0 Å². The van der Waals surface area contributed by atoms with Crippen LogP contribution in [-0.4, -0.2) is 36.5 Å². The maximum absolute atomic E-state index is 12.6. The SMILES string of the molecule is O=C(/C=C/c1ccc(OCc2nc3ccccc3s2)cc1)c1cc(-c2nnn[nH]2)ccc1O.